The largest absolute Gasteiger partial charge is 0.485 e. The SMILES string of the molecule is [2H]c1ccc2c(c1)OC(C1=NCCN1)CO2. The molecule has 0 spiro atoms. The summed E-state index contributed by atoms with van der Waals surface area (Å²) in [4.78, 5) is 4.31. The molecule has 2 aliphatic heterocycles. The number of nitrogens with zero attached hydrogens (tertiary/aromatic N) is 1. The van der Waals surface area contributed by atoms with Crippen molar-refractivity contribution in [3.63, 3.8) is 0 Å². The van der Waals surface area contributed by atoms with Gasteiger partial charge in [0.2, 0.25) is 0 Å². The Hall–Kier alpha value is -1.71. The minimum absolute atomic E-state index is 0.170. The second-order valence-electron chi connectivity index (χ2n) is 3.48. The third kappa shape index (κ3) is 1.52. The smallest absolute Gasteiger partial charge is 0.189 e. The number of hydrogen-bond acceptors (Lipinski definition) is 4. The maximum Gasteiger partial charge on any atom is 0.189 e. The first kappa shape index (κ1) is 7.56. The predicted molar refractivity (Wildman–Crippen MR) is 56.7 cm³/mol. The van der Waals surface area contributed by atoms with Crippen LogP contribution in [0.5, 0.6) is 11.5 Å². The van der Waals surface area contributed by atoms with E-state index < -0.39 is 0 Å². The van der Waals surface area contributed by atoms with Crippen LogP contribution in [-0.2, 0) is 0 Å². The molecule has 0 amide bonds. The van der Waals surface area contributed by atoms with Gasteiger partial charge in [-0.2, -0.15) is 0 Å². The first-order chi connectivity index (χ1) is 7.83. The molecule has 2 aliphatic rings. The molecular formula is C11H12N2O2. The van der Waals surface area contributed by atoms with E-state index in [9.17, 15) is 0 Å². The van der Waals surface area contributed by atoms with Gasteiger partial charge in [-0.1, -0.05) is 12.1 Å². The molecule has 0 fully saturated rings. The Bertz CT molecular complexity index is 448. The van der Waals surface area contributed by atoms with Crippen molar-refractivity contribution in [2.24, 2.45) is 4.99 Å². The van der Waals surface area contributed by atoms with E-state index >= 15 is 0 Å². The molecule has 2 heterocycles. The van der Waals surface area contributed by atoms with Crippen molar-refractivity contribution in [1.82, 2.24) is 5.32 Å². The van der Waals surface area contributed by atoms with Gasteiger partial charge in [0, 0.05) is 6.54 Å². The Labute approximate surface area is 89.3 Å². The molecule has 78 valence electrons. The molecule has 4 heteroatoms. The second-order valence-corrected chi connectivity index (χ2v) is 3.48. The minimum atomic E-state index is -0.170. The summed E-state index contributed by atoms with van der Waals surface area (Å²) in [5, 5.41) is 3.17. The summed E-state index contributed by atoms with van der Waals surface area (Å²) < 4.78 is 18.9. The van der Waals surface area contributed by atoms with Gasteiger partial charge in [0.15, 0.2) is 17.6 Å². The Morgan fingerprint density at radius 1 is 1.47 bits per heavy atom. The Kier molecular flexibility index (Phi) is 1.74. The van der Waals surface area contributed by atoms with Crippen LogP contribution in [0.2, 0.25) is 0 Å². The minimum Gasteiger partial charge on any atom is -0.485 e. The van der Waals surface area contributed by atoms with Crippen LogP contribution < -0.4 is 14.8 Å². The van der Waals surface area contributed by atoms with Crippen molar-refractivity contribution < 1.29 is 10.8 Å². The molecule has 0 bridgehead atoms. The topological polar surface area (TPSA) is 42.8 Å². The van der Waals surface area contributed by atoms with Gasteiger partial charge in [0.1, 0.15) is 12.4 Å². The van der Waals surface area contributed by atoms with E-state index in [2.05, 4.69) is 10.3 Å². The number of amidine groups is 1. The second kappa shape index (κ2) is 3.46. The normalized spacial score (nSPS) is 24.1. The van der Waals surface area contributed by atoms with E-state index in [1.165, 1.54) is 0 Å². The highest BCUT2D eigenvalue weighted by Gasteiger charge is 2.26. The number of hydrogen-bond donors (Lipinski definition) is 1. The monoisotopic (exact) mass is 205 g/mol. The highest BCUT2D eigenvalue weighted by molar-refractivity contribution is 5.88. The van der Waals surface area contributed by atoms with E-state index in [4.69, 9.17) is 10.8 Å². The molecule has 1 atom stereocenters. The van der Waals surface area contributed by atoms with Crippen LogP contribution in [-0.4, -0.2) is 31.6 Å². The van der Waals surface area contributed by atoms with E-state index in [1.54, 1.807) is 18.2 Å². The molecule has 0 saturated heterocycles. The first-order valence-electron chi connectivity index (χ1n) is 5.51. The standard InChI is InChI=1S/C11H12N2O2/c1-2-4-9-8(3-1)14-7-10(15-9)11-12-5-6-13-11/h1-4,10H,5-7H2,(H,12,13)/i2D. The van der Waals surface area contributed by atoms with Gasteiger partial charge in [0.25, 0.3) is 0 Å². The van der Waals surface area contributed by atoms with Gasteiger partial charge in [-0.25, -0.2) is 0 Å². The maximum absolute atomic E-state index is 7.53. The van der Waals surface area contributed by atoms with E-state index in [-0.39, 0.29) is 6.10 Å². The fourth-order valence-corrected chi connectivity index (χ4v) is 1.73. The molecule has 0 aromatic heterocycles. The lowest BCUT2D eigenvalue weighted by atomic mass is 10.2. The molecule has 0 aliphatic carbocycles. The highest BCUT2D eigenvalue weighted by atomic mass is 16.6. The first-order valence-corrected chi connectivity index (χ1v) is 5.01. The fourth-order valence-electron chi connectivity index (χ4n) is 1.73. The van der Waals surface area contributed by atoms with Crippen LogP contribution in [0, 0.1) is 0 Å². The zero-order valence-electron chi connectivity index (χ0n) is 9.19. The van der Waals surface area contributed by atoms with Gasteiger partial charge >= 0.3 is 0 Å². The van der Waals surface area contributed by atoms with Crippen LogP contribution in [0.1, 0.15) is 1.37 Å². The van der Waals surface area contributed by atoms with Gasteiger partial charge in [-0.15, -0.1) is 0 Å². The summed E-state index contributed by atoms with van der Waals surface area (Å²) >= 11 is 0. The maximum atomic E-state index is 7.53. The van der Waals surface area contributed by atoms with Crippen LogP contribution in [0.25, 0.3) is 0 Å². The molecule has 0 radical (unpaired) electrons. The van der Waals surface area contributed by atoms with Crippen LogP contribution >= 0.6 is 0 Å². The molecule has 3 rings (SSSR count). The summed E-state index contributed by atoms with van der Waals surface area (Å²) in [5.41, 5.74) is 0. The molecule has 1 N–H and O–H groups in total. The quantitative estimate of drug-likeness (QED) is 0.738. The number of ether oxygens (including phenoxy) is 2. The number of fused-ring (bicyclic) bond motifs is 1. The number of nitrogens with one attached hydrogen (secondary N) is 1. The van der Waals surface area contributed by atoms with Crippen molar-refractivity contribution in [2.75, 3.05) is 19.7 Å². The summed E-state index contributed by atoms with van der Waals surface area (Å²) in [5.74, 6) is 2.17. The number of rotatable bonds is 1. The molecule has 1 aromatic carbocycles. The average Bonchev–Trinajstić information content (AvgIpc) is 2.81. The van der Waals surface area contributed by atoms with E-state index in [0.717, 1.165) is 18.9 Å². The predicted octanol–water partition coefficient (Wildman–Crippen LogP) is 0.828. The average molecular weight is 205 g/mol. The van der Waals surface area contributed by atoms with Gasteiger partial charge in [-0.05, 0) is 12.1 Å². The summed E-state index contributed by atoms with van der Waals surface area (Å²) in [6, 6.07) is 5.53. The van der Waals surface area contributed by atoms with E-state index in [1.807, 2.05) is 0 Å². The summed E-state index contributed by atoms with van der Waals surface area (Å²) in [6.07, 6.45) is -0.170. The lowest BCUT2D eigenvalue weighted by molar-refractivity contribution is 0.133. The Morgan fingerprint density at radius 3 is 3.33 bits per heavy atom. The van der Waals surface area contributed by atoms with Crippen LogP contribution in [0.3, 0.4) is 0 Å². The Balaban J connectivity index is 1.85. The van der Waals surface area contributed by atoms with Crippen molar-refractivity contribution in [3.05, 3.63) is 24.2 Å². The number of para-hydroxylation sites is 2. The number of benzene rings is 1. The third-order valence-electron chi connectivity index (χ3n) is 2.45. The fraction of sp³-hybridized carbons (Fsp3) is 0.364. The molecule has 1 aromatic rings. The summed E-state index contributed by atoms with van der Waals surface area (Å²) in [6.45, 7) is 2.12. The van der Waals surface area contributed by atoms with E-state index in [0.29, 0.717) is 24.1 Å². The van der Waals surface area contributed by atoms with Crippen molar-refractivity contribution >= 4 is 5.84 Å². The van der Waals surface area contributed by atoms with Crippen molar-refractivity contribution in [1.29, 1.82) is 0 Å². The number of aliphatic imine (C=N–C) groups is 1. The lowest BCUT2D eigenvalue weighted by Gasteiger charge is -2.26. The zero-order chi connectivity index (χ0) is 11.0. The lowest BCUT2D eigenvalue weighted by Crippen LogP contribution is -2.42. The van der Waals surface area contributed by atoms with Crippen LogP contribution in [0.15, 0.2) is 29.2 Å². The van der Waals surface area contributed by atoms with Gasteiger partial charge in [0.05, 0.1) is 7.92 Å². The molecular weight excluding hydrogens is 192 g/mol. The molecule has 1 unspecified atom stereocenters. The molecule has 4 nitrogen and oxygen atoms in total. The molecule has 15 heavy (non-hydrogen) atoms. The van der Waals surface area contributed by atoms with Crippen molar-refractivity contribution in [2.45, 2.75) is 6.10 Å². The van der Waals surface area contributed by atoms with Crippen molar-refractivity contribution in [3.8, 4) is 11.5 Å². The third-order valence-corrected chi connectivity index (χ3v) is 2.45. The van der Waals surface area contributed by atoms with Gasteiger partial charge < -0.3 is 14.8 Å². The summed E-state index contributed by atoms with van der Waals surface area (Å²) in [7, 11) is 0. The zero-order valence-corrected chi connectivity index (χ0v) is 8.19. The van der Waals surface area contributed by atoms with Crippen LogP contribution in [0.4, 0.5) is 0 Å². The molecule has 0 saturated carbocycles. The Morgan fingerprint density at radius 2 is 2.47 bits per heavy atom. The highest BCUT2D eigenvalue weighted by Crippen LogP contribution is 2.31. The van der Waals surface area contributed by atoms with Gasteiger partial charge in [-0.3, -0.25) is 4.99 Å².